The largest absolute Gasteiger partial charge is 0.357 e. The molecule has 0 aliphatic rings. The third kappa shape index (κ3) is 7.86. The van der Waals surface area contributed by atoms with Crippen LogP contribution in [0.5, 0.6) is 0 Å². The lowest BCUT2D eigenvalue weighted by Gasteiger charge is -2.12. The third-order valence-corrected chi connectivity index (χ3v) is 2.38. The van der Waals surface area contributed by atoms with Crippen LogP contribution in [-0.2, 0) is 6.54 Å². The van der Waals surface area contributed by atoms with Crippen LogP contribution in [0.15, 0.2) is 36.1 Å². The molecule has 6 heteroatoms. The molecule has 0 bridgehead atoms. The van der Waals surface area contributed by atoms with Crippen LogP contribution in [0.25, 0.3) is 0 Å². The summed E-state index contributed by atoms with van der Waals surface area (Å²) < 4.78 is 1.93. The maximum absolute atomic E-state index is 4.54. The number of hydrogen-bond donors (Lipinski definition) is 2. The van der Waals surface area contributed by atoms with Gasteiger partial charge in [-0.1, -0.05) is 13.0 Å². The first-order valence-electron chi connectivity index (χ1n) is 6.36. The van der Waals surface area contributed by atoms with Crippen molar-refractivity contribution in [3.8, 4) is 0 Å². The second-order valence-corrected chi connectivity index (χ2v) is 4.22. The number of nitrogens with zero attached hydrogens (tertiary/aromatic N) is 3. The Balaban J connectivity index is 0.00000324. The first-order valence-corrected chi connectivity index (χ1v) is 6.36. The van der Waals surface area contributed by atoms with Gasteiger partial charge >= 0.3 is 0 Å². The molecule has 0 fully saturated rings. The van der Waals surface area contributed by atoms with Gasteiger partial charge in [-0.3, -0.25) is 9.67 Å². The predicted molar refractivity (Wildman–Crippen MR) is 91.0 cm³/mol. The van der Waals surface area contributed by atoms with Crippen molar-refractivity contribution < 1.29 is 0 Å². The van der Waals surface area contributed by atoms with Crippen LogP contribution in [0.4, 0.5) is 0 Å². The summed E-state index contributed by atoms with van der Waals surface area (Å²) in [5, 5.41) is 10.6. The molecule has 0 aromatic carbocycles. The van der Waals surface area contributed by atoms with Crippen molar-refractivity contribution in [2.24, 2.45) is 10.9 Å². The Morgan fingerprint density at radius 2 is 2.32 bits per heavy atom. The van der Waals surface area contributed by atoms with Crippen LogP contribution in [0.3, 0.4) is 0 Å². The van der Waals surface area contributed by atoms with Crippen LogP contribution >= 0.6 is 24.0 Å². The van der Waals surface area contributed by atoms with Gasteiger partial charge in [0.25, 0.3) is 0 Å². The number of aliphatic imine (C=N–C) groups is 1. The molecule has 19 heavy (non-hydrogen) atoms. The van der Waals surface area contributed by atoms with E-state index in [0.29, 0.717) is 5.92 Å². The quantitative estimate of drug-likeness (QED) is 0.330. The Morgan fingerprint density at radius 3 is 2.89 bits per heavy atom. The zero-order valence-electron chi connectivity index (χ0n) is 11.7. The molecule has 1 atom stereocenters. The normalized spacial score (nSPS) is 12.4. The lowest BCUT2D eigenvalue weighted by Crippen LogP contribution is -2.37. The Labute approximate surface area is 132 Å². The molecule has 108 valence electrons. The molecular weight excluding hydrogens is 353 g/mol. The molecule has 5 nitrogen and oxygen atoms in total. The molecule has 1 aromatic heterocycles. The average molecular weight is 377 g/mol. The maximum atomic E-state index is 4.54. The van der Waals surface area contributed by atoms with Crippen molar-refractivity contribution in [1.82, 2.24) is 20.4 Å². The molecule has 0 aliphatic heterocycles. The minimum absolute atomic E-state index is 0. The van der Waals surface area contributed by atoms with Gasteiger partial charge in [0.2, 0.25) is 0 Å². The summed E-state index contributed by atoms with van der Waals surface area (Å²) >= 11 is 0. The lowest BCUT2D eigenvalue weighted by atomic mass is 10.2. The number of nitrogens with one attached hydrogen (secondary N) is 2. The van der Waals surface area contributed by atoms with E-state index >= 15 is 0 Å². The van der Waals surface area contributed by atoms with E-state index in [0.717, 1.165) is 32.1 Å². The summed E-state index contributed by atoms with van der Waals surface area (Å²) in [6.07, 6.45) is 5.59. The van der Waals surface area contributed by atoms with Gasteiger partial charge in [0, 0.05) is 38.6 Å². The predicted octanol–water partition coefficient (Wildman–Crippen LogP) is 1.88. The van der Waals surface area contributed by atoms with Crippen molar-refractivity contribution in [2.45, 2.75) is 20.4 Å². The van der Waals surface area contributed by atoms with Crippen molar-refractivity contribution >= 4 is 29.9 Å². The Morgan fingerprint density at radius 1 is 1.53 bits per heavy atom. The van der Waals surface area contributed by atoms with E-state index < -0.39 is 0 Å². The Kier molecular flexibility index (Phi) is 10.2. The highest BCUT2D eigenvalue weighted by molar-refractivity contribution is 14.0. The monoisotopic (exact) mass is 377 g/mol. The van der Waals surface area contributed by atoms with Crippen LogP contribution in [-0.4, -0.2) is 35.4 Å². The van der Waals surface area contributed by atoms with Crippen molar-refractivity contribution in [1.29, 1.82) is 0 Å². The zero-order valence-corrected chi connectivity index (χ0v) is 14.0. The van der Waals surface area contributed by atoms with E-state index in [2.05, 4.69) is 41.2 Å². The molecule has 2 N–H and O–H groups in total. The lowest BCUT2D eigenvalue weighted by molar-refractivity contribution is 0.458. The fourth-order valence-corrected chi connectivity index (χ4v) is 1.54. The van der Waals surface area contributed by atoms with Gasteiger partial charge in [0.05, 0.1) is 0 Å². The summed E-state index contributed by atoms with van der Waals surface area (Å²) in [6, 6.07) is 1.94. The second kappa shape index (κ2) is 10.8. The average Bonchev–Trinajstić information content (AvgIpc) is 2.85. The summed E-state index contributed by atoms with van der Waals surface area (Å²) in [4.78, 5) is 4.54. The van der Waals surface area contributed by atoms with E-state index in [9.17, 15) is 0 Å². The Bertz CT molecular complexity index is 361. The van der Waals surface area contributed by atoms with Gasteiger partial charge in [0.1, 0.15) is 0 Å². The summed E-state index contributed by atoms with van der Waals surface area (Å²) in [5.74, 6) is 1.29. The molecule has 1 unspecified atom stereocenters. The summed E-state index contributed by atoms with van der Waals surface area (Å²) in [5.41, 5.74) is 0. The zero-order chi connectivity index (χ0) is 13.2. The van der Waals surface area contributed by atoms with E-state index in [4.69, 9.17) is 0 Å². The molecule has 1 aromatic rings. The molecular formula is C13H24IN5. The van der Waals surface area contributed by atoms with Crippen molar-refractivity contribution in [2.75, 3.05) is 19.6 Å². The smallest absolute Gasteiger partial charge is 0.191 e. The Hall–Kier alpha value is -1.05. The molecule has 1 rings (SSSR count). The van der Waals surface area contributed by atoms with E-state index in [1.54, 1.807) is 6.20 Å². The first-order chi connectivity index (χ1) is 8.76. The topological polar surface area (TPSA) is 54.2 Å². The van der Waals surface area contributed by atoms with Crippen molar-refractivity contribution in [3.63, 3.8) is 0 Å². The van der Waals surface area contributed by atoms with E-state index in [1.807, 2.05) is 23.0 Å². The molecule has 0 amide bonds. The maximum Gasteiger partial charge on any atom is 0.191 e. The highest BCUT2D eigenvalue weighted by atomic mass is 127. The van der Waals surface area contributed by atoms with Gasteiger partial charge in [-0.15, -0.1) is 30.6 Å². The number of rotatable bonds is 7. The summed E-state index contributed by atoms with van der Waals surface area (Å²) in [6.45, 7) is 11.1. The van der Waals surface area contributed by atoms with E-state index in [-0.39, 0.29) is 24.0 Å². The second-order valence-electron chi connectivity index (χ2n) is 4.22. The summed E-state index contributed by atoms with van der Waals surface area (Å²) in [7, 11) is 0. The number of hydrogen-bond acceptors (Lipinski definition) is 2. The molecule has 1 heterocycles. The molecule has 0 spiro atoms. The van der Waals surface area contributed by atoms with Gasteiger partial charge < -0.3 is 10.6 Å². The van der Waals surface area contributed by atoms with Crippen molar-refractivity contribution in [3.05, 3.63) is 31.1 Å². The van der Waals surface area contributed by atoms with Gasteiger partial charge in [-0.05, 0) is 18.9 Å². The molecule has 0 saturated carbocycles. The van der Waals surface area contributed by atoms with Gasteiger partial charge in [-0.25, -0.2) is 0 Å². The molecule has 0 saturated heterocycles. The highest BCUT2D eigenvalue weighted by Gasteiger charge is 2.03. The van der Waals surface area contributed by atoms with Gasteiger partial charge in [-0.2, -0.15) is 5.10 Å². The minimum atomic E-state index is 0. The molecule has 0 aliphatic carbocycles. The van der Waals surface area contributed by atoms with Crippen LogP contribution in [0.2, 0.25) is 0 Å². The minimum Gasteiger partial charge on any atom is -0.357 e. The standard InChI is InChI=1S/C13H23N5.HI/c1-4-7-15-13(14-5-2)16-10-12(3)11-18-9-6-8-17-18;/h4,6,8-9,12H,1,5,7,10-11H2,2-3H3,(H2,14,15,16);1H. The number of halogens is 1. The van der Waals surface area contributed by atoms with E-state index in [1.165, 1.54) is 0 Å². The van der Waals surface area contributed by atoms with Crippen LogP contribution in [0, 0.1) is 5.92 Å². The van der Waals surface area contributed by atoms with Crippen LogP contribution in [0.1, 0.15) is 13.8 Å². The highest BCUT2D eigenvalue weighted by Crippen LogP contribution is 2.00. The van der Waals surface area contributed by atoms with Crippen LogP contribution < -0.4 is 10.6 Å². The fourth-order valence-electron chi connectivity index (χ4n) is 1.54. The molecule has 0 radical (unpaired) electrons. The number of guanidine groups is 1. The fraction of sp³-hybridized carbons (Fsp3) is 0.538. The SMILES string of the molecule is C=CCNC(=NCC(C)Cn1cccn1)NCC.I. The first kappa shape index (κ1) is 17.9. The number of aromatic nitrogens is 2. The third-order valence-electron chi connectivity index (χ3n) is 2.38. The van der Waals surface area contributed by atoms with Gasteiger partial charge in [0.15, 0.2) is 5.96 Å².